The third-order valence-electron chi connectivity index (χ3n) is 4.50. The van der Waals surface area contributed by atoms with Crippen molar-refractivity contribution in [2.24, 2.45) is 9.90 Å². The maximum absolute atomic E-state index is 5.18. The Hall–Kier alpha value is -2.10. The van der Waals surface area contributed by atoms with Crippen LogP contribution in [0.1, 0.15) is 32.3 Å². The van der Waals surface area contributed by atoms with Crippen molar-refractivity contribution in [3.05, 3.63) is 60.3 Å². The first kappa shape index (κ1) is 14.8. The zero-order chi connectivity index (χ0) is 15.4. The summed E-state index contributed by atoms with van der Waals surface area (Å²) in [6.45, 7) is 4.48. The topological polar surface area (TPSA) is 28.0 Å². The first-order valence-corrected chi connectivity index (χ1v) is 8.35. The van der Waals surface area contributed by atoms with Gasteiger partial charge in [-0.1, -0.05) is 63.1 Å². The molecule has 0 saturated heterocycles. The summed E-state index contributed by atoms with van der Waals surface area (Å²) in [6, 6.07) is 10.3. The van der Waals surface area contributed by atoms with Crippen LogP contribution >= 0.6 is 0 Å². The molecule has 0 amide bonds. The molecule has 0 atom stereocenters. The van der Waals surface area contributed by atoms with E-state index >= 15 is 0 Å². The molecule has 2 aliphatic rings. The van der Waals surface area contributed by atoms with Gasteiger partial charge in [0.1, 0.15) is 5.84 Å². The largest absolute Gasteiger partial charge is 0.488 e. The first-order valence-electron chi connectivity index (χ1n) is 8.35. The van der Waals surface area contributed by atoms with Crippen molar-refractivity contribution in [1.82, 2.24) is 4.81 Å². The van der Waals surface area contributed by atoms with Crippen LogP contribution in [0.15, 0.2) is 64.7 Å². The molecule has 1 aromatic rings. The number of fused-ring (bicyclic) bond motifs is 1. The van der Waals surface area contributed by atoms with Crippen LogP contribution in [0.4, 0.5) is 0 Å². The molecule has 2 heterocycles. The lowest BCUT2D eigenvalue weighted by molar-refractivity contribution is 0.749. The van der Waals surface area contributed by atoms with E-state index in [4.69, 9.17) is 9.90 Å². The number of aliphatic imine (C=N–C) groups is 1. The maximum Gasteiger partial charge on any atom is 0.204 e. The molecule has 0 aromatic heterocycles. The molecule has 0 fully saturated rings. The Morgan fingerprint density at radius 1 is 1.00 bits per heavy atom. The molecule has 2 aliphatic heterocycles. The van der Waals surface area contributed by atoms with Gasteiger partial charge in [-0.25, -0.2) is 4.99 Å². The molecule has 3 rings (SSSR count). The molecule has 1 aromatic carbocycles. The Morgan fingerprint density at radius 2 is 1.73 bits per heavy atom. The lowest BCUT2D eigenvalue weighted by Gasteiger charge is -2.51. The second kappa shape index (κ2) is 6.35. The van der Waals surface area contributed by atoms with Gasteiger partial charge in [0.25, 0.3) is 0 Å². The van der Waals surface area contributed by atoms with E-state index in [1.54, 1.807) is 0 Å². The monoisotopic (exact) mass is 292 g/mol. The highest BCUT2D eigenvalue weighted by Gasteiger charge is 2.33. The summed E-state index contributed by atoms with van der Waals surface area (Å²) in [5, 5.41) is 0. The van der Waals surface area contributed by atoms with Crippen LogP contribution in [0.2, 0.25) is 12.6 Å². The van der Waals surface area contributed by atoms with Gasteiger partial charge < -0.3 is 9.71 Å². The molecule has 0 aliphatic carbocycles. The normalized spacial score (nSPS) is 18.7. The van der Waals surface area contributed by atoms with Gasteiger partial charge in [-0.05, 0) is 18.4 Å². The Labute approximate surface area is 133 Å². The number of hydrogen-bond acceptors (Lipinski definition) is 3. The van der Waals surface area contributed by atoms with Crippen molar-refractivity contribution in [3.63, 3.8) is 0 Å². The highest BCUT2D eigenvalue weighted by Crippen LogP contribution is 2.32. The van der Waals surface area contributed by atoms with Crippen LogP contribution in [0.5, 0.6) is 0 Å². The van der Waals surface area contributed by atoms with Gasteiger partial charge in [0, 0.05) is 5.56 Å². The molecule has 3 nitrogen and oxygen atoms in total. The molecule has 0 radical (unpaired) electrons. The van der Waals surface area contributed by atoms with Gasteiger partial charge in [0.2, 0.25) is 6.42 Å². The van der Waals surface area contributed by atoms with Crippen molar-refractivity contribution in [1.29, 1.82) is 0 Å². The van der Waals surface area contributed by atoms with E-state index in [-0.39, 0.29) is 0 Å². The minimum absolute atomic E-state index is 0.883. The van der Waals surface area contributed by atoms with Crippen molar-refractivity contribution in [2.45, 2.75) is 39.3 Å². The Bertz CT molecular complexity index is 638. The van der Waals surface area contributed by atoms with Crippen molar-refractivity contribution >= 4 is 18.1 Å². The van der Waals surface area contributed by atoms with Crippen LogP contribution in [0.25, 0.3) is 0 Å². The van der Waals surface area contributed by atoms with E-state index in [9.17, 15) is 0 Å². The van der Waals surface area contributed by atoms with Gasteiger partial charge in [0.05, 0.1) is 5.84 Å². The zero-order valence-corrected chi connectivity index (χ0v) is 13.4. The predicted molar refractivity (Wildman–Crippen MR) is 96.5 cm³/mol. The van der Waals surface area contributed by atoms with Crippen molar-refractivity contribution in [2.75, 3.05) is 0 Å². The second-order valence-corrected chi connectivity index (χ2v) is 6.11. The molecule has 0 N–H and O–H groups in total. The summed E-state index contributed by atoms with van der Waals surface area (Å²) in [7, 11) is 0. The lowest BCUT2D eigenvalue weighted by atomic mass is 9.39. The summed E-state index contributed by atoms with van der Waals surface area (Å²) < 4.78 is 0. The fourth-order valence-electron chi connectivity index (χ4n) is 3.58. The first-order chi connectivity index (χ1) is 10.8. The highest BCUT2D eigenvalue weighted by atomic mass is 15.2. The Morgan fingerprint density at radius 3 is 2.41 bits per heavy atom. The van der Waals surface area contributed by atoms with E-state index in [2.05, 4.69) is 67.4 Å². The minimum Gasteiger partial charge on any atom is -0.488 e. The van der Waals surface area contributed by atoms with E-state index in [0.29, 0.717) is 0 Å². The second-order valence-electron chi connectivity index (χ2n) is 6.11. The Balaban J connectivity index is 2.10. The smallest absolute Gasteiger partial charge is 0.204 e. The average Bonchev–Trinajstić information content (AvgIpc) is 2.56. The molecule has 0 spiro atoms. The molecule has 22 heavy (non-hydrogen) atoms. The van der Waals surface area contributed by atoms with E-state index in [1.165, 1.54) is 0 Å². The summed E-state index contributed by atoms with van der Waals surface area (Å²) in [5.74, 6) is 1.91. The number of amidine groups is 2. The van der Waals surface area contributed by atoms with Crippen LogP contribution in [-0.2, 0) is 0 Å². The molecule has 4 heteroatoms. The summed E-state index contributed by atoms with van der Waals surface area (Å²) in [5.41, 5.74) is 1.11. The molecule has 0 saturated carbocycles. The van der Waals surface area contributed by atoms with E-state index < -0.39 is 6.42 Å². The van der Waals surface area contributed by atoms with Gasteiger partial charge >= 0.3 is 0 Å². The van der Waals surface area contributed by atoms with Crippen LogP contribution in [0.3, 0.4) is 0 Å². The third kappa shape index (κ3) is 2.65. The molecular weight excluding hydrogens is 269 g/mol. The SMILES string of the molecule is CCC[B-]1(CCC)N=C(c2ccccc2)N=C2C=CC=CN21. The fraction of sp³-hybridized carbons (Fsp3) is 0.333. The molecule has 0 bridgehead atoms. The van der Waals surface area contributed by atoms with E-state index in [1.807, 2.05) is 6.07 Å². The molecule has 0 unspecified atom stereocenters. The van der Waals surface area contributed by atoms with Crippen molar-refractivity contribution in [3.8, 4) is 0 Å². The minimum atomic E-state index is -0.983. The number of benzene rings is 1. The third-order valence-corrected chi connectivity index (χ3v) is 4.50. The van der Waals surface area contributed by atoms with Crippen LogP contribution < -0.4 is 0 Å². The molecular formula is C18H23BN3-. The zero-order valence-electron chi connectivity index (χ0n) is 13.4. The van der Waals surface area contributed by atoms with Gasteiger partial charge in [-0.3, -0.25) is 0 Å². The average molecular weight is 292 g/mol. The summed E-state index contributed by atoms with van der Waals surface area (Å²) in [6.07, 6.45) is 11.9. The van der Waals surface area contributed by atoms with Crippen LogP contribution in [0, 0.1) is 0 Å². The lowest BCUT2D eigenvalue weighted by Crippen LogP contribution is -2.55. The summed E-state index contributed by atoms with van der Waals surface area (Å²) >= 11 is 0. The molecule has 114 valence electrons. The Kier molecular flexibility index (Phi) is 4.28. The standard InChI is InChI=1S/C18H23BN3/c1-3-13-19(14-4-2)21-18(16-10-6-5-7-11-16)20-17-12-8-9-15-22(17)19/h5-12,15H,3-4,13-14H2,1-2H3/q-1. The quantitative estimate of drug-likeness (QED) is 0.735. The van der Waals surface area contributed by atoms with Gasteiger partial charge in [-0.2, -0.15) is 0 Å². The number of allylic oxidation sites excluding steroid dienone is 2. The van der Waals surface area contributed by atoms with Crippen LogP contribution in [-0.4, -0.2) is 22.9 Å². The predicted octanol–water partition coefficient (Wildman–Crippen LogP) is 4.49. The maximum atomic E-state index is 5.18. The van der Waals surface area contributed by atoms with E-state index in [0.717, 1.165) is 42.7 Å². The van der Waals surface area contributed by atoms with Gasteiger partial charge in [0.15, 0.2) is 0 Å². The summed E-state index contributed by atoms with van der Waals surface area (Å²) in [4.78, 5) is 12.3. The number of hydrogen-bond donors (Lipinski definition) is 0. The number of rotatable bonds is 5. The number of nitrogens with zero attached hydrogens (tertiary/aromatic N) is 3. The highest BCUT2D eigenvalue weighted by molar-refractivity contribution is 6.80. The van der Waals surface area contributed by atoms with Crippen molar-refractivity contribution < 1.29 is 0 Å². The van der Waals surface area contributed by atoms with Gasteiger partial charge in [-0.15, -0.1) is 12.6 Å². The fourth-order valence-corrected chi connectivity index (χ4v) is 3.58.